The summed E-state index contributed by atoms with van der Waals surface area (Å²) in [5, 5.41) is 2.93. The van der Waals surface area contributed by atoms with Crippen LogP contribution in [-0.2, 0) is 16.8 Å². The lowest BCUT2D eigenvalue weighted by molar-refractivity contribution is -0.121. The van der Waals surface area contributed by atoms with E-state index in [1.54, 1.807) is 12.5 Å². The van der Waals surface area contributed by atoms with E-state index >= 15 is 0 Å². The summed E-state index contributed by atoms with van der Waals surface area (Å²) < 4.78 is 0. The van der Waals surface area contributed by atoms with E-state index in [2.05, 4.69) is 43.0 Å². The zero-order valence-corrected chi connectivity index (χ0v) is 11.8. The standard InChI is InChI=1S/C14H23N3O/c1-5-6-7-12(18)16-9-11-8-15-10-17-13(11)14(2,3)4/h8,10H,5-7,9H2,1-4H3,(H,16,18). The Hall–Kier alpha value is -1.45. The molecule has 0 aliphatic rings. The molecule has 0 aliphatic heterocycles. The van der Waals surface area contributed by atoms with E-state index in [0.717, 1.165) is 24.1 Å². The van der Waals surface area contributed by atoms with E-state index in [1.165, 1.54) is 0 Å². The van der Waals surface area contributed by atoms with Gasteiger partial charge >= 0.3 is 0 Å². The first-order valence-corrected chi connectivity index (χ1v) is 6.51. The van der Waals surface area contributed by atoms with Crippen molar-refractivity contribution in [2.45, 2.75) is 58.9 Å². The topological polar surface area (TPSA) is 54.9 Å². The monoisotopic (exact) mass is 249 g/mol. The Morgan fingerprint density at radius 3 is 2.72 bits per heavy atom. The number of hydrogen-bond donors (Lipinski definition) is 1. The molecule has 0 atom stereocenters. The van der Waals surface area contributed by atoms with Gasteiger partial charge in [-0.25, -0.2) is 9.97 Å². The van der Waals surface area contributed by atoms with Crippen molar-refractivity contribution in [3.63, 3.8) is 0 Å². The lowest BCUT2D eigenvalue weighted by Crippen LogP contribution is -2.25. The second-order valence-electron chi connectivity index (χ2n) is 5.53. The maximum Gasteiger partial charge on any atom is 0.220 e. The number of rotatable bonds is 5. The molecule has 1 N–H and O–H groups in total. The molecule has 0 aromatic carbocycles. The first kappa shape index (κ1) is 14.6. The SMILES string of the molecule is CCCCC(=O)NCc1cncnc1C(C)(C)C. The Balaban J connectivity index is 2.65. The third-order valence-electron chi connectivity index (χ3n) is 2.73. The molecule has 0 unspecified atom stereocenters. The molecule has 0 saturated heterocycles. The predicted molar refractivity (Wildman–Crippen MR) is 72.1 cm³/mol. The summed E-state index contributed by atoms with van der Waals surface area (Å²) in [7, 11) is 0. The molecule has 0 fully saturated rings. The van der Waals surface area contributed by atoms with Crippen LogP contribution in [0.5, 0.6) is 0 Å². The molecule has 0 bridgehead atoms. The predicted octanol–water partition coefficient (Wildman–Crippen LogP) is 2.58. The van der Waals surface area contributed by atoms with Crippen LogP contribution in [-0.4, -0.2) is 15.9 Å². The minimum Gasteiger partial charge on any atom is -0.352 e. The molecule has 1 aromatic rings. The van der Waals surface area contributed by atoms with Crippen LogP contribution in [0.1, 0.15) is 58.2 Å². The van der Waals surface area contributed by atoms with Crippen molar-refractivity contribution >= 4 is 5.91 Å². The highest BCUT2D eigenvalue weighted by Gasteiger charge is 2.19. The number of nitrogens with one attached hydrogen (secondary N) is 1. The number of carbonyl (C=O) groups excluding carboxylic acids is 1. The summed E-state index contributed by atoms with van der Waals surface area (Å²) >= 11 is 0. The van der Waals surface area contributed by atoms with E-state index in [1.807, 2.05) is 0 Å². The number of carbonyl (C=O) groups is 1. The van der Waals surface area contributed by atoms with Crippen molar-refractivity contribution in [3.8, 4) is 0 Å². The second-order valence-corrected chi connectivity index (χ2v) is 5.53. The molecule has 18 heavy (non-hydrogen) atoms. The van der Waals surface area contributed by atoms with E-state index in [-0.39, 0.29) is 11.3 Å². The van der Waals surface area contributed by atoms with Gasteiger partial charge in [0.1, 0.15) is 6.33 Å². The second kappa shape index (κ2) is 6.47. The highest BCUT2D eigenvalue weighted by atomic mass is 16.1. The van der Waals surface area contributed by atoms with E-state index in [4.69, 9.17) is 0 Å². The number of unbranched alkanes of at least 4 members (excludes halogenated alkanes) is 1. The van der Waals surface area contributed by atoms with Gasteiger partial charge < -0.3 is 5.32 Å². The van der Waals surface area contributed by atoms with E-state index < -0.39 is 0 Å². The van der Waals surface area contributed by atoms with Crippen molar-refractivity contribution in [1.82, 2.24) is 15.3 Å². The Morgan fingerprint density at radius 1 is 1.39 bits per heavy atom. The Morgan fingerprint density at radius 2 is 2.11 bits per heavy atom. The molecule has 100 valence electrons. The molecular formula is C14H23N3O. The minimum atomic E-state index is -0.0353. The fraction of sp³-hybridized carbons (Fsp3) is 0.643. The highest BCUT2D eigenvalue weighted by Crippen LogP contribution is 2.22. The third kappa shape index (κ3) is 4.43. The number of amides is 1. The molecule has 0 spiro atoms. The first-order valence-electron chi connectivity index (χ1n) is 6.51. The van der Waals surface area contributed by atoms with Gasteiger partial charge in [-0.15, -0.1) is 0 Å². The van der Waals surface area contributed by atoms with Crippen molar-refractivity contribution in [2.75, 3.05) is 0 Å². The van der Waals surface area contributed by atoms with Gasteiger partial charge in [-0.1, -0.05) is 34.1 Å². The van der Waals surface area contributed by atoms with E-state index in [0.29, 0.717) is 13.0 Å². The summed E-state index contributed by atoms with van der Waals surface area (Å²) in [6, 6.07) is 0. The summed E-state index contributed by atoms with van der Waals surface area (Å²) in [6.07, 6.45) is 5.91. The van der Waals surface area contributed by atoms with Gasteiger partial charge in [0, 0.05) is 30.1 Å². The maximum absolute atomic E-state index is 11.6. The molecule has 1 rings (SSSR count). The summed E-state index contributed by atoms with van der Waals surface area (Å²) in [5.41, 5.74) is 1.95. The Labute approximate surface area is 109 Å². The lowest BCUT2D eigenvalue weighted by Gasteiger charge is -2.20. The highest BCUT2D eigenvalue weighted by molar-refractivity contribution is 5.75. The first-order chi connectivity index (χ1) is 8.45. The third-order valence-corrected chi connectivity index (χ3v) is 2.73. The summed E-state index contributed by atoms with van der Waals surface area (Å²) in [5.74, 6) is 0.0977. The number of nitrogens with zero attached hydrogens (tertiary/aromatic N) is 2. The lowest BCUT2D eigenvalue weighted by atomic mass is 9.89. The fourth-order valence-corrected chi connectivity index (χ4v) is 1.78. The fourth-order valence-electron chi connectivity index (χ4n) is 1.78. The maximum atomic E-state index is 11.6. The summed E-state index contributed by atoms with van der Waals surface area (Å²) in [6.45, 7) is 8.92. The Bertz CT molecular complexity index is 396. The molecule has 1 amide bonds. The average Bonchev–Trinajstić information content (AvgIpc) is 2.33. The van der Waals surface area contributed by atoms with Crippen molar-refractivity contribution in [3.05, 3.63) is 23.8 Å². The van der Waals surface area contributed by atoms with Gasteiger partial charge in [-0.2, -0.15) is 0 Å². The van der Waals surface area contributed by atoms with Gasteiger partial charge in [0.05, 0.1) is 5.69 Å². The van der Waals surface area contributed by atoms with Crippen molar-refractivity contribution in [1.29, 1.82) is 0 Å². The molecular weight excluding hydrogens is 226 g/mol. The van der Waals surface area contributed by atoms with Gasteiger partial charge in [0.2, 0.25) is 5.91 Å². The van der Waals surface area contributed by atoms with Gasteiger partial charge in [-0.05, 0) is 6.42 Å². The smallest absolute Gasteiger partial charge is 0.220 e. The van der Waals surface area contributed by atoms with Crippen LogP contribution in [0, 0.1) is 0 Å². The average molecular weight is 249 g/mol. The zero-order valence-electron chi connectivity index (χ0n) is 11.8. The van der Waals surface area contributed by atoms with Crippen LogP contribution in [0.3, 0.4) is 0 Å². The van der Waals surface area contributed by atoms with Crippen molar-refractivity contribution < 1.29 is 4.79 Å². The minimum absolute atomic E-state index is 0.0353. The quantitative estimate of drug-likeness (QED) is 0.872. The molecule has 4 nitrogen and oxygen atoms in total. The molecule has 0 radical (unpaired) electrons. The van der Waals surface area contributed by atoms with Crippen LogP contribution >= 0.6 is 0 Å². The zero-order chi connectivity index (χ0) is 13.6. The number of aromatic nitrogens is 2. The summed E-state index contributed by atoms with van der Waals surface area (Å²) in [4.78, 5) is 19.9. The number of hydrogen-bond acceptors (Lipinski definition) is 3. The van der Waals surface area contributed by atoms with Gasteiger partial charge in [0.25, 0.3) is 0 Å². The van der Waals surface area contributed by atoms with Gasteiger partial charge in [-0.3, -0.25) is 4.79 Å². The molecule has 4 heteroatoms. The molecule has 0 saturated carbocycles. The van der Waals surface area contributed by atoms with Crippen LogP contribution in [0.25, 0.3) is 0 Å². The normalized spacial score (nSPS) is 11.3. The van der Waals surface area contributed by atoms with Crippen LogP contribution in [0.15, 0.2) is 12.5 Å². The molecule has 1 aromatic heterocycles. The van der Waals surface area contributed by atoms with Crippen LogP contribution in [0.4, 0.5) is 0 Å². The van der Waals surface area contributed by atoms with Crippen LogP contribution in [0.2, 0.25) is 0 Å². The van der Waals surface area contributed by atoms with E-state index in [9.17, 15) is 4.79 Å². The van der Waals surface area contributed by atoms with Gasteiger partial charge in [0.15, 0.2) is 0 Å². The van der Waals surface area contributed by atoms with Crippen molar-refractivity contribution in [2.24, 2.45) is 0 Å². The molecule has 0 aliphatic carbocycles. The van der Waals surface area contributed by atoms with Crippen LogP contribution < -0.4 is 5.32 Å². The largest absolute Gasteiger partial charge is 0.352 e. The molecule has 1 heterocycles. The Kier molecular flexibility index (Phi) is 5.25.